The van der Waals surface area contributed by atoms with Crippen LogP contribution in [0.2, 0.25) is 5.02 Å². The molecule has 2 heterocycles. The third kappa shape index (κ3) is 4.48. The minimum atomic E-state index is 0.437. The number of pyridine rings is 1. The SMILES string of the molecule is CC(COc1cccc(-n2nc(-c3ccc(Cl)cc3)c3cccnc32)c1)CN(C)C. The summed E-state index contributed by atoms with van der Waals surface area (Å²) in [6.45, 7) is 3.83. The van der Waals surface area contributed by atoms with Gasteiger partial charge in [0, 0.05) is 40.7 Å². The van der Waals surface area contributed by atoms with Gasteiger partial charge in [0.2, 0.25) is 0 Å². The van der Waals surface area contributed by atoms with Crippen LogP contribution in [-0.4, -0.2) is 46.9 Å². The van der Waals surface area contributed by atoms with Crippen LogP contribution in [-0.2, 0) is 0 Å². The molecule has 0 saturated heterocycles. The Bertz CT molecular complexity index is 1140. The average Bonchev–Trinajstić information content (AvgIpc) is 3.12. The number of hydrogen-bond donors (Lipinski definition) is 0. The van der Waals surface area contributed by atoms with Crippen molar-refractivity contribution in [1.29, 1.82) is 0 Å². The second kappa shape index (κ2) is 8.86. The highest BCUT2D eigenvalue weighted by molar-refractivity contribution is 6.30. The molecule has 0 aliphatic carbocycles. The second-order valence-electron chi connectivity index (χ2n) is 7.82. The van der Waals surface area contributed by atoms with Crippen LogP contribution in [0.1, 0.15) is 6.92 Å². The molecule has 0 N–H and O–H groups in total. The van der Waals surface area contributed by atoms with Crippen molar-refractivity contribution < 1.29 is 4.74 Å². The van der Waals surface area contributed by atoms with Gasteiger partial charge in [-0.1, -0.05) is 36.7 Å². The molecule has 4 aromatic rings. The van der Waals surface area contributed by atoms with Crippen molar-refractivity contribution in [2.24, 2.45) is 5.92 Å². The summed E-state index contributed by atoms with van der Waals surface area (Å²) in [5.41, 5.74) is 3.60. The van der Waals surface area contributed by atoms with Crippen LogP contribution < -0.4 is 4.74 Å². The van der Waals surface area contributed by atoms with Gasteiger partial charge >= 0.3 is 0 Å². The van der Waals surface area contributed by atoms with Gasteiger partial charge < -0.3 is 9.64 Å². The molecule has 0 aliphatic rings. The summed E-state index contributed by atoms with van der Waals surface area (Å²) < 4.78 is 7.92. The van der Waals surface area contributed by atoms with Gasteiger partial charge in [0.15, 0.2) is 5.65 Å². The molecule has 0 bridgehead atoms. The zero-order valence-electron chi connectivity index (χ0n) is 17.4. The van der Waals surface area contributed by atoms with Crippen molar-refractivity contribution in [1.82, 2.24) is 19.7 Å². The van der Waals surface area contributed by atoms with Crippen molar-refractivity contribution in [3.8, 4) is 22.7 Å². The monoisotopic (exact) mass is 420 g/mol. The normalized spacial score (nSPS) is 12.4. The van der Waals surface area contributed by atoms with Crippen LogP contribution in [0.3, 0.4) is 0 Å². The smallest absolute Gasteiger partial charge is 0.163 e. The molecule has 0 saturated carbocycles. The topological polar surface area (TPSA) is 43.2 Å². The largest absolute Gasteiger partial charge is 0.493 e. The van der Waals surface area contributed by atoms with Gasteiger partial charge in [0.1, 0.15) is 11.4 Å². The minimum Gasteiger partial charge on any atom is -0.493 e. The lowest BCUT2D eigenvalue weighted by atomic mass is 10.1. The van der Waals surface area contributed by atoms with E-state index in [9.17, 15) is 0 Å². The van der Waals surface area contributed by atoms with E-state index in [1.165, 1.54) is 0 Å². The first kappa shape index (κ1) is 20.4. The number of ether oxygens (including phenoxy) is 1. The van der Waals surface area contributed by atoms with Crippen molar-refractivity contribution in [2.45, 2.75) is 6.92 Å². The fraction of sp³-hybridized carbons (Fsp3) is 0.250. The number of nitrogens with zero attached hydrogens (tertiary/aromatic N) is 4. The summed E-state index contributed by atoms with van der Waals surface area (Å²) in [4.78, 5) is 6.76. The molecule has 4 rings (SSSR count). The van der Waals surface area contributed by atoms with Crippen LogP contribution in [0, 0.1) is 5.92 Å². The maximum Gasteiger partial charge on any atom is 0.163 e. The van der Waals surface area contributed by atoms with Crippen LogP contribution in [0.5, 0.6) is 5.75 Å². The molecular weight excluding hydrogens is 396 g/mol. The van der Waals surface area contributed by atoms with Crippen molar-refractivity contribution in [3.63, 3.8) is 0 Å². The molecule has 5 nitrogen and oxygen atoms in total. The molecule has 0 radical (unpaired) electrons. The minimum absolute atomic E-state index is 0.437. The van der Waals surface area contributed by atoms with Gasteiger partial charge in [0.25, 0.3) is 0 Å². The molecule has 0 spiro atoms. The molecule has 30 heavy (non-hydrogen) atoms. The first-order valence-corrected chi connectivity index (χ1v) is 10.4. The molecule has 0 fully saturated rings. The van der Waals surface area contributed by atoms with Crippen molar-refractivity contribution in [3.05, 3.63) is 71.9 Å². The van der Waals surface area contributed by atoms with Gasteiger partial charge in [-0.05, 0) is 50.5 Å². The standard InChI is InChI=1S/C24H25ClN4O/c1-17(15-28(2)3)16-30-21-7-4-6-20(14-21)29-24-22(8-5-13-26-24)23(27-29)18-9-11-19(25)12-10-18/h4-14,17H,15-16H2,1-3H3. The summed E-state index contributed by atoms with van der Waals surface area (Å²) in [6.07, 6.45) is 1.79. The Morgan fingerprint density at radius 1 is 1.07 bits per heavy atom. The Hall–Kier alpha value is -2.89. The molecule has 2 aromatic heterocycles. The van der Waals surface area contributed by atoms with Gasteiger partial charge in [-0.2, -0.15) is 5.10 Å². The molecular formula is C24H25ClN4O. The van der Waals surface area contributed by atoms with E-state index >= 15 is 0 Å². The predicted octanol–water partition coefficient (Wildman–Crippen LogP) is 5.32. The van der Waals surface area contributed by atoms with E-state index in [0.717, 1.165) is 40.3 Å². The Balaban J connectivity index is 1.67. The average molecular weight is 421 g/mol. The Morgan fingerprint density at radius 2 is 1.87 bits per heavy atom. The number of aromatic nitrogens is 3. The van der Waals surface area contributed by atoms with E-state index in [0.29, 0.717) is 17.5 Å². The fourth-order valence-corrected chi connectivity index (χ4v) is 3.70. The number of benzene rings is 2. The van der Waals surface area contributed by atoms with E-state index in [1.807, 2.05) is 65.3 Å². The van der Waals surface area contributed by atoms with Crippen LogP contribution in [0.4, 0.5) is 0 Å². The maximum atomic E-state index is 6.06. The first-order chi connectivity index (χ1) is 14.5. The van der Waals surface area contributed by atoms with E-state index in [4.69, 9.17) is 21.4 Å². The van der Waals surface area contributed by atoms with Crippen LogP contribution in [0.15, 0.2) is 66.9 Å². The zero-order valence-corrected chi connectivity index (χ0v) is 18.2. The number of halogens is 1. The first-order valence-electron chi connectivity index (χ1n) is 9.99. The highest BCUT2D eigenvalue weighted by Gasteiger charge is 2.15. The van der Waals surface area contributed by atoms with Gasteiger partial charge in [-0.3, -0.25) is 0 Å². The molecule has 1 atom stereocenters. The molecule has 154 valence electrons. The van der Waals surface area contributed by atoms with Crippen LogP contribution in [0.25, 0.3) is 28.0 Å². The van der Waals surface area contributed by atoms with Crippen molar-refractivity contribution in [2.75, 3.05) is 27.2 Å². The maximum absolute atomic E-state index is 6.06. The third-order valence-electron chi connectivity index (χ3n) is 4.83. The molecule has 0 aliphatic heterocycles. The number of hydrogen-bond acceptors (Lipinski definition) is 4. The lowest BCUT2D eigenvalue weighted by molar-refractivity contribution is 0.222. The Labute approximate surface area is 181 Å². The van der Waals surface area contributed by atoms with Gasteiger partial charge in [-0.15, -0.1) is 0 Å². The van der Waals surface area contributed by atoms with Crippen molar-refractivity contribution >= 4 is 22.6 Å². The highest BCUT2D eigenvalue weighted by atomic mass is 35.5. The summed E-state index contributed by atoms with van der Waals surface area (Å²) in [5, 5.41) is 6.58. The fourth-order valence-electron chi connectivity index (χ4n) is 3.57. The lowest BCUT2D eigenvalue weighted by Gasteiger charge is -2.17. The second-order valence-corrected chi connectivity index (χ2v) is 8.25. The summed E-state index contributed by atoms with van der Waals surface area (Å²) >= 11 is 6.06. The Morgan fingerprint density at radius 3 is 2.63 bits per heavy atom. The summed E-state index contributed by atoms with van der Waals surface area (Å²) in [5.74, 6) is 1.26. The number of rotatable bonds is 7. The van der Waals surface area contributed by atoms with E-state index in [2.05, 4.69) is 30.9 Å². The predicted molar refractivity (Wildman–Crippen MR) is 123 cm³/mol. The highest BCUT2D eigenvalue weighted by Crippen LogP contribution is 2.30. The molecule has 6 heteroatoms. The van der Waals surface area contributed by atoms with Crippen LogP contribution >= 0.6 is 11.6 Å². The summed E-state index contributed by atoms with van der Waals surface area (Å²) in [6, 6.07) is 19.7. The summed E-state index contributed by atoms with van der Waals surface area (Å²) in [7, 11) is 4.15. The number of fused-ring (bicyclic) bond motifs is 1. The third-order valence-corrected chi connectivity index (χ3v) is 5.09. The molecule has 0 amide bonds. The molecule has 2 aromatic carbocycles. The molecule has 1 unspecified atom stereocenters. The van der Waals surface area contributed by atoms with E-state index < -0.39 is 0 Å². The van der Waals surface area contributed by atoms with Gasteiger partial charge in [0.05, 0.1) is 12.3 Å². The van der Waals surface area contributed by atoms with E-state index in [1.54, 1.807) is 6.20 Å². The van der Waals surface area contributed by atoms with Gasteiger partial charge in [-0.25, -0.2) is 9.67 Å². The van der Waals surface area contributed by atoms with E-state index in [-0.39, 0.29) is 0 Å². The quantitative estimate of drug-likeness (QED) is 0.406. The Kier molecular flexibility index (Phi) is 6.02. The lowest BCUT2D eigenvalue weighted by Crippen LogP contribution is -2.24. The zero-order chi connectivity index (χ0) is 21.1.